The second kappa shape index (κ2) is 6.28. The second-order valence-corrected chi connectivity index (χ2v) is 6.08. The number of benzene rings is 1. The van der Waals surface area contributed by atoms with E-state index in [1.165, 1.54) is 6.42 Å². The van der Waals surface area contributed by atoms with E-state index in [1.807, 2.05) is 23.1 Å². The molecule has 1 unspecified atom stereocenters. The molecule has 1 aliphatic heterocycles. The van der Waals surface area contributed by atoms with Crippen LogP contribution < -0.4 is 0 Å². The topological polar surface area (TPSA) is 20.3 Å². The minimum absolute atomic E-state index is 0.207. The molecular formula is C15H21NOS. The van der Waals surface area contributed by atoms with Gasteiger partial charge in [0.2, 0.25) is 0 Å². The largest absolute Gasteiger partial charge is 0.336 e. The van der Waals surface area contributed by atoms with E-state index >= 15 is 0 Å². The van der Waals surface area contributed by atoms with Gasteiger partial charge in [-0.3, -0.25) is 4.79 Å². The van der Waals surface area contributed by atoms with Crippen molar-refractivity contribution < 1.29 is 4.79 Å². The number of hydrogen-bond donors (Lipinski definition) is 0. The number of carbonyl (C=O) groups is 1. The van der Waals surface area contributed by atoms with Crippen molar-refractivity contribution in [1.29, 1.82) is 0 Å². The van der Waals surface area contributed by atoms with Gasteiger partial charge in [0.05, 0.1) is 5.56 Å². The first-order chi connectivity index (χ1) is 8.74. The summed E-state index contributed by atoms with van der Waals surface area (Å²) in [5.41, 5.74) is 0.873. The molecule has 0 spiro atoms. The third kappa shape index (κ3) is 2.89. The van der Waals surface area contributed by atoms with E-state index in [2.05, 4.69) is 19.9 Å². The zero-order chi connectivity index (χ0) is 13.0. The van der Waals surface area contributed by atoms with Crippen LogP contribution in [-0.2, 0) is 0 Å². The van der Waals surface area contributed by atoms with Crippen molar-refractivity contribution >= 4 is 17.7 Å². The summed E-state index contributed by atoms with van der Waals surface area (Å²) in [4.78, 5) is 15.8. The number of thioether (sulfide) groups is 1. The first-order valence-electron chi connectivity index (χ1n) is 6.77. The lowest BCUT2D eigenvalue weighted by Gasteiger charge is -2.33. The SMILES string of the molecule is CCSc1ccccc1C(=O)N1CCCCC1C. The second-order valence-electron chi connectivity index (χ2n) is 4.77. The number of rotatable bonds is 3. The molecule has 1 amide bonds. The fraction of sp³-hybridized carbons (Fsp3) is 0.533. The van der Waals surface area contributed by atoms with E-state index < -0.39 is 0 Å². The molecule has 0 aromatic heterocycles. The Labute approximate surface area is 114 Å². The van der Waals surface area contributed by atoms with Gasteiger partial charge in [-0.2, -0.15) is 0 Å². The van der Waals surface area contributed by atoms with Crippen molar-refractivity contribution in [2.24, 2.45) is 0 Å². The van der Waals surface area contributed by atoms with Crippen LogP contribution in [0.15, 0.2) is 29.2 Å². The van der Waals surface area contributed by atoms with Gasteiger partial charge in [0.15, 0.2) is 0 Å². The van der Waals surface area contributed by atoms with Gasteiger partial charge in [-0.25, -0.2) is 0 Å². The summed E-state index contributed by atoms with van der Waals surface area (Å²) < 4.78 is 0. The predicted octanol–water partition coefficient (Wildman–Crippen LogP) is 3.81. The Morgan fingerprint density at radius 3 is 2.89 bits per heavy atom. The summed E-state index contributed by atoms with van der Waals surface area (Å²) in [6.45, 7) is 5.19. The van der Waals surface area contributed by atoms with Gasteiger partial charge in [-0.15, -0.1) is 11.8 Å². The summed E-state index contributed by atoms with van der Waals surface area (Å²) in [6.07, 6.45) is 3.52. The molecule has 1 heterocycles. The molecule has 2 rings (SSSR count). The quantitative estimate of drug-likeness (QED) is 0.773. The molecule has 0 bridgehead atoms. The lowest BCUT2D eigenvalue weighted by molar-refractivity contribution is 0.0632. The van der Waals surface area contributed by atoms with Gasteiger partial charge in [-0.1, -0.05) is 19.1 Å². The summed E-state index contributed by atoms with van der Waals surface area (Å²) in [5.74, 6) is 1.21. The van der Waals surface area contributed by atoms with Crippen LogP contribution in [0.4, 0.5) is 0 Å². The van der Waals surface area contributed by atoms with E-state index in [0.717, 1.165) is 35.6 Å². The maximum absolute atomic E-state index is 12.6. The third-order valence-corrected chi connectivity index (χ3v) is 4.44. The average molecular weight is 263 g/mol. The van der Waals surface area contributed by atoms with Gasteiger partial charge in [0.25, 0.3) is 5.91 Å². The van der Waals surface area contributed by atoms with E-state index in [1.54, 1.807) is 11.8 Å². The van der Waals surface area contributed by atoms with E-state index in [4.69, 9.17) is 0 Å². The van der Waals surface area contributed by atoms with E-state index in [0.29, 0.717) is 6.04 Å². The first kappa shape index (κ1) is 13.5. The number of hydrogen-bond acceptors (Lipinski definition) is 2. The predicted molar refractivity (Wildman–Crippen MR) is 77.2 cm³/mol. The Hall–Kier alpha value is -0.960. The van der Waals surface area contributed by atoms with Crippen molar-refractivity contribution in [3.63, 3.8) is 0 Å². The van der Waals surface area contributed by atoms with Crippen LogP contribution in [0.3, 0.4) is 0 Å². The molecule has 0 saturated carbocycles. The van der Waals surface area contributed by atoms with Crippen LogP contribution in [0.2, 0.25) is 0 Å². The molecule has 0 radical (unpaired) electrons. The number of carbonyl (C=O) groups excluding carboxylic acids is 1. The first-order valence-corrected chi connectivity index (χ1v) is 7.75. The number of piperidine rings is 1. The van der Waals surface area contributed by atoms with Gasteiger partial charge in [0.1, 0.15) is 0 Å². The monoisotopic (exact) mass is 263 g/mol. The van der Waals surface area contributed by atoms with E-state index in [-0.39, 0.29) is 5.91 Å². The van der Waals surface area contributed by atoms with Crippen molar-refractivity contribution in [3.8, 4) is 0 Å². The summed E-state index contributed by atoms with van der Waals surface area (Å²) in [6, 6.07) is 8.36. The normalized spacial score (nSPS) is 19.9. The minimum atomic E-state index is 0.207. The molecule has 1 atom stereocenters. The van der Waals surface area contributed by atoms with Gasteiger partial charge in [-0.05, 0) is 44.1 Å². The average Bonchev–Trinajstić information content (AvgIpc) is 2.40. The highest BCUT2D eigenvalue weighted by atomic mass is 32.2. The zero-order valence-corrected chi connectivity index (χ0v) is 12.0. The Kier molecular flexibility index (Phi) is 4.70. The van der Waals surface area contributed by atoms with Crippen LogP contribution in [0.25, 0.3) is 0 Å². The highest BCUT2D eigenvalue weighted by Gasteiger charge is 2.25. The molecule has 1 saturated heterocycles. The van der Waals surface area contributed by atoms with Crippen molar-refractivity contribution in [1.82, 2.24) is 4.90 Å². The molecule has 2 nitrogen and oxygen atoms in total. The van der Waals surface area contributed by atoms with E-state index in [9.17, 15) is 4.79 Å². The molecule has 3 heteroatoms. The number of nitrogens with zero attached hydrogens (tertiary/aromatic N) is 1. The van der Waals surface area contributed by atoms with Crippen LogP contribution in [0, 0.1) is 0 Å². The van der Waals surface area contributed by atoms with Gasteiger partial charge >= 0.3 is 0 Å². The summed E-state index contributed by atoms with van der Waals surface area (Å²) >= 11 is 1.75. The fourth-order valence-corrected chi connectivity index (χ4v) is 3.28. The van der Waals surface area contributed by atoms with Crippen LogP contribution in [0.5, 0.6) is 0 Å². The molecule has 0 N–H and O–H groups in total. The maximum Gasteiger partial charge on any atom is 0.255 e. The smallest absolute Gasteiger partial charge is 0.255 e. The highest BCUT2D eigenvalue weighted by Crippen LogP contribution is 2.26. The zero-order valence-electron chi connectivity index (χ0n) is 11.2. The Balaban J connectivity index is 2.22. The molecule has 1 fully saturated rings. The van der Waals surface area contributed by atoms with Gasteiger partial charge < -0.3 is 4.90 Å². The molecule has 0 aliphatic carbocycles. The molecule has 1 aliphatic rings. The highest BCUT2D eigenvalue weighted by molar-refractivity contribution is 7.99. The van der Waals surface area contributed by atoms with Crippen molar-refractivity contribution in [3.05, 3.63) is 29.8 Å². The number of amides is 1. The lowest BCUT2D eigenvalue weighted by Crippen LogP contribution is -2.42. The molecule has 1 aromatic carbocycles. The third-order valence-electron chi connectivity index (χ3n) is 3.48. The maximum atomic E-state index is 12.6. The lowest BCUT2D eigenvalue weighted by atomic mass is 10.0. The fourth-order valence-electron chi connectivity index (χ4n) is 2.48. The van der Waals surface area contributed by atoms with Crippen LogP contribution >= 0.6 is 11.8 Å². The molecule has 98 valence electrons. The Bertz CT molecular complexity index is 419. The Morgan fingerprint density at radius 2 is 2.17 bits per heavy atom. The molecule has 18 heavy (non-hydrogen) atoms. The molecule has 1 aromatic rings. The summed E-state index contributed by atoms with van der Waals surface area (Å²) in [5, 5.41) is 0. The Morgan fingerprint density at radius 1 is 1.39 bits per heavy atom. The minimum Gasteiger partial charge on any atom is -0.336 e. The standard InChI is InChI=1S/C15H21NOS/c1-3-18-14-10-5-4-9-13(14)15(17)16-11-7-6-8-12(16)2/h4-5,9-10,12H,3,6-8,11H2,1-2H3. The van der Waals surface area contributed by atoms with Crippen molar-refractivity contribution in [2.45, 2.75) is 44.0 Å². The van der Waals surface area contributed by atoms with Crippen molar-refractivity contribution in [2.75, 3.05) is 12.3 Å². The molecular weight excluding hydrogens is 242 g/mol. The van der Waals surface area contributed by atoms with Crippen LogP contribution in [-0.4, -0.2) is 29.1 Å². The van der Waals surface area contributed by atoms with Gasteiger partial charge in [0, 0.05) is 17.5 Å². The van der Waals surface area contributed by atoms with Crippen LogP contribution in [0.1, 0.15) is 43.5 Å². The summed E-state index contributed by atoms with van der Waals surface area (Å²) in [7, 11) is 0. The number of likely N-dealkylation sites (tertiary alicyclic amines) is 1.